The number of amides is 1. The predicted octanol–water partition coefficient (Wildman–Crippen LogP) is 3.20. The lowest BCUT2D eigenvalue weighted by molar-refractivity contribution is -0.150. The Kier molecular flexibility index (Phi) is 6.02. The maximum Gasteiger partial charge on any atom is 0.230 e. The van der Waals surface area contributed by atoms with Gasteiger partial charge in [0.1, 0.15) is 5.75 Å². The Balaban J connectivity index is 1.34. The zero-order valence-electron chi connectivity index (χ0n) is 16.9. The van der Waals surface area contributed by atoms with E-state index in [-0.39, 0.29) is 5.41 Å². The fourth-order valence-corrected chi connectivity index (χ4v) is 4.99. The molecule has 1 atom stereocenters. The zero-order valence-corrected chi connectivity index (χ0v) is 16.9. The van der Waals surface area contributed by atoms with E-state index in [1.807, 2.05) is 12.1 Å². The quantitative estimate of drug-likeness (QED) is 0.782. The van der Waals surface area contributed by atoms with Gasteiger partial charge in [0.15, 0.2) is 0 Å². The highest BCUT2D eigenvalue weighted by atomic mass is 16.5. The first-order valence-corrected chi connectivity index (χ1v) is 10.6. The Morgan fingerprint density at radius 1 is 1.18 bits per heavy atom. The van der Waals surface area contributed by atoms with Crippen LogP contribution in [0.3, 0.4) is 0 Å². The molecule has 1 aromatic carbocycles. The van der Waals surface area contributed by atoms with Crippen molar-refractivity contribution >= 4 is 12.0 Å². The average molecular weight is 385 g/mol. The summed E-state index contributed by atoms with van der Waals surface area (Å²) in [7, 11) is 1.68. The molecule has 3 fully saturated rings. The van der Waals surface area contributed by atoms with Gasteiger partial charge in [0, 0.05) is 38.9 Å². The number of rotatable bonds is 5. The highest BCUT2D eigenvalue weighted by molar-refractivity contribution is 5.84. The third-order valence-corrected chi connectivity index (χ3v) is 6.62. The van der Waals surface area contributed by atoms with Gasteiger partial charge in [-0.05, 0) is 56.3 Å². The van der Waals surface area contributed by atoms with Crippen LogP contribution in [-0.4, -0.2) is 68.3 Å². The summed E-state index contributed by atoms with van der Waals surface area (Å²) in [5, 5.41) is 0. The normalized spacial score (nSPS) is 27.2. The van der Waals surface area contributed by atoms with E-state index < -0.39 is 0 Å². The Morgan fingerprint density at radius 3 is 2.71 bits per heavy atom. The highest BCUT2D eigenvalue weighted by Gasteiger charge is 2.49. The van der Waals surface area contributed by atoms with Crippen LogP contribution in [0.15, 0.2) is 30.3 Å². The van der Waals surface area contributed by atoms with Crippen molar-refractivity contribution in [3.05, 3.63) is 35.9 Å². The van der Waals surface area contributed by atoms with Crippen LogP contribution in [0.1, 0.15) is 37.7 Å². The number of piperidine rings is 1. The number of likely N-dealkylation sites (tertiary alicyclic amines) is 2. The molecule has 28 heavy (non-hydrogen) atoms. The number of benzene rings is 1. The first-order valence-electron chi connectivity index (χ1n) is 10.6. The van der Waals surface area contributed by atoms with E-state index in [0.717, 1.165) is 77.2 Å². The summed E-state index contributed by atoms with van der Waals surface area (Å²) < 4.78 is 10.7. The molecule has 1 aromatic rings. The third-order valence-electron chi connectivity index (χ3n) is 6.62. The standard InChI is InChI=1S/C23H32N2O3/c1-27-21-7-5-19(6-8-21)4-2-13-24-15-12-23(18-24)11-3-14-25(22(23)26)20-9-16-28-17-10-20/h2,4-8,20H,3,9-18H2,1H3/b4-2+. The number of methoxy groups -OCH3 is 1. The first kappa shape index (κ1) is 19.5. The molecule has 5 heteroatoms. The molecule has 152 valence electrons. The summed E-state index contributed by atoms with van der Waals surface area (Å²) in [5.74, 6) is 1.29. The average Bonchev–Trinajstić information content (AvgIpc) is 3.15. The van der Waals surface area contributed by atoms with Crippen LogP contribution < -0.4 is 4.74 Å². The molecule has 0 bridgehead atoms. The lowest BCUT2D eigenvalue weighted by Gasteiger charge is -2.44. The van der Waals surface area contributed by atoms with Crippen molar-refractivity contribution in [1.29, 1.82) is 0 Å². The monoisotopic (exact) mass is 384 g/mol. The van der Waals surface area contributed by atoms with Crippen LogP contribution >= 0.6 is 0 Å². The van der Waals surface area contributed by atoms with Crippen LogP contribution in [0, 0.1) is 5.41 Å². The Bertz CT molecular complexity index is 696. The SMILES string of the molecule is COc1ccc(/C=C/CN2CCC3(CCCN(C4CCOCC4)C3=O)C2)cc1. The second kappa shape index (κ2) is 8.66. The second-order valence-corrected chi connectivity index (χ2v) is 8.39. The molecule has 3 saturated heterocycles. The lowest BCUT2D eigenvalue weighted by Crippen LogP contribution is -2.54. The van der Waals surface area contributed by atoms with Gasteiger partial charge in [-0.2, -0.15) is 0 Å². The molecule has 1 spiro atoms. The van der Waals surface area contributed by atoms with Gasteiger partial charge in [-0.25, -0.2) is 0 Å². The van der Waals surface area contributed by atoms with Crippen molar-refractivity contribution in [3.63, 3.8) is 0 Å². The van der Waals surface area contributed by atoms with Gasteiger partial charge in [0.25, 0.3) is 0 Å². The van der Waals surface area contributed by atoms with E-state index >= 15 is 0 Å². The molecule has 0 N–H and O–H groups in total. The molecule has 5 nitrogen and oxygen atoms in total. The van der Waals surface area contributed by atoms with Crippen LogP contribution in [0.25, 0.3) is 6.08 Å². The first-order chi connectivity index (χ1) is 13.7. The van der Waals surface area contributed by atoms with Crippen molar-refractivity contribution in [1.82, 2.24) is 9.80 Å². The van der Waals surface area contributed by atoms with Crippen molar-refractivity contribution in [2.24, 2.45) is 5.41 Å². The van der Waals surface area contributed by atoms with Gasteiger partial charge in [0.05, 0.1) is 12.5 Å². The van der Waals surface area contributed by atoms with Crippen molar-refractivity contribution in [2.45, 2.75) is 38.1 Å². The molecule has 3 aliphatic heterocycles. The van der Waals surface area contributed by atoms with Crippen LogP contribution in [0.2, 0.25) is 0 Å². The molecule has 0 radical (unpaired) electrons. The minimum atomic E-state index is -0.148. The van der Waals surface area contributed by atoms with Gasteiger partial charge in [-0.1, -0.05) is 24.3 Å². The van der Waals surface area contributed by atoms with Crippen LogP contribution in [-0.2, 0) is 9.53 Å². The van der Waals surface area contributed by atoms with Crippen LogP contribution in [0.5, 0.6) is 5.75 Å². The van der Waals surface area contributed by atoms with Crippen molar-refractivity contribution in [3.8, 4) is 5.75 Å². The fraction of sp³-hybridized carbons (Fsp3) is 0.609. The number of hydrogen-bond donors (Lipinski definition) is 0. The minimum Gasteiger partial charge on any atom is -0.497 e. The number of nitrogens with zero attached hydrogens (tertiary/aromatic N) is 2. The third kappa shape index (κ3) is 4.11. The molecule has 0 aromatic heterocycles. The molecule has 4 rings (SSSR count). The maximum absolute atomic E-state index is 13.4. The number of ether oxygens (including phenoxy) is 2. The van der Waals surface area contributed by atoms with Gasteiger partial charge in [-0.3, -0.25) is 9.69 Å². The Hall–Kier alpha value is -1.85. The summed E-state index contributed by atoms with van der Waals surface area (Å²) in [6, 6.07) is 8.49. The minimum absolute atomic E-state index is 0.148. The molecule has 0 aliphatic carbocycles. The van der Waals surface area contributed by atoms with Gasteiger partial charge >= 0.3 is 0 Å². The molecule has 3 heterocycles. The molecular formula is C23H32N2O3. The van der Waals surface area contributed by atoms with E-state index in [9.17, 15) is 4.79 Å². The molecular weight excluding hydrogens is 352 g/mol. The lowest BCUT2D eigenvalue weighted by atomic mass is 9.77. The molecule has 0 saturated carbocycles. The second-order valence-electron chi connectivity index (χ2n) is 8.39. The van der Waals surface area contributed by atoms with Crippen LogP contribution in [0.4, 0.5) is 0 Å². The fourth-order valence-electron chi connectivity index (χ4n) is 4.99. The van der Waals surface area contributed by atoms with E-state index in [1.165, 1.54) is 5.56 Å². The summed E-state index contributed by atoms with van der Waals surface area (Å²) >= 11 is 0. The molecule has 1 amide bonds. The topological polar surface area (TPSA) is 42.0 Å². The summed E-state index contributed by atoms with van der Waals surface area (Å²) in [6.07, 6.45) is 9.54. The van der Waals surface area contributed by atoms with E-state index in [4.69, 9.17) is 9.47 Å². The molecule has 1 unspecified atom stereocenters. The number of carbonyl (C=O) groups excluding carboxylic acids is 1. The zero-order chi connectivity index (χ0) is 19.4. The van der Waals surface area contributed by atoms with Gasteiger partial charge in [-0.15, -0.1) is 0 Å². The number of hydrogen-bond acceptors (Lipinski definition) is 4. The Morgan fingerprint density at radius 2 is 1.96 bits per heavy atom. The maximum atomic E-state index is 13.4. The van der Waals surface area contributed by atoms with Gasteiger partial charge in [0.2, 0.25) is 5.91 Å². The van der Waals surface area contributed by atoms with E-state index in [1.54, 1.807) is 7.11 Å². The summed E-state index contributed by atoms with van der Waals surface area (Å²) in [5.41, 5.74) is 1.03. The van der Waals surface area contributed by atoms with Gasteiger partial charge < -0.3 is 14.4 Å². The summed E-state index contributed by atoms with van der Waals surface area (Å²) in [6.45, 7) is 5.34. The largest absolute Gasteiger partial charge is 0.497 e. The number of carbonyl (C=O) groups is 1. The molecule has 3 aliphatic rings. The highest BCUT2D eigenvalue weighted by Crippen LogP contribution is 2.41. The predicted molar refractivity (Wildman–Crippen MR) is 110 cm³/mol. The Labute approximate surface area is 168 Å². The smallest absolute Gasteiger partial charge is 0.230 e. The van der Waals surface area contributed by atoms with Crippen molar-refractivity contribution < 1.29 is 14.3 Å². The summed E-state index contributed by atoms with van der Waals surface area (Å²) in [4.78, 5) is 18.0. The van der Waals surface area contributed by atoms with Crippen molar-refractivity contribution in [2.75, 3.05) is 46.5 Å². The van der Waals surface area contributed by atoms with E-state index in [2.05, 4.69) is 34.1 Å². The van der Waals surface area contributed by atoms with E-state index in [0.29, 0.717) is 11.9 Å².